The molecule has 0 amide bonds. The number of aryl methyl sites for hydroxylation is 1. The van der Waals surface area contributed by atoms with E-state index in [2.05, 4.69) is 146 Å². The molecule has 0 saturated carbocycles. The minimum absolute atomic E-state index is 0.0616. The van der Waals surface area contributed by atoms with Crippen molar-refractivity contribution in [2.45, 2.75) is 20.0 Å². The summed E-state index contributed by atoms with van der Waals surface area (Å²) in [5.74, 6) is -4.97. The Labute approximate surface area is 380 Å². The smallest absolute Gasteiger partial charge is 0.322 e. The van der Waals surface area contributed by atoms with Gasteiger partial charge >= 0.3 is 5.95 Å². The molecule has 0 aliphatic heterocycles. The van der Waals surface area contributed by atoms with Gasteiger partial charge in [-0.1, -0.05) is 153 Å². The molecule has 8 nitrogen and oxygen atoms in total. The topological polar surface area (TPSA) is 130 Å². The van der Waals surface area contributed by atoms with Crippen molar-refractivity contribution in [2.75, 3.05) is 0 Å². The molecule has 9 aromatic rings. The van der Waals surface area contributed by atoms with E-state index in [1.54, 1.807) is 11.3 Å². The molecule has 9 heteroatoms. The normalized spacial score (nSPS) is 12.6. The van der Waals surface area contributed by atoms with E-state index in [0.29, 0.717) is 5.71 Å². The molecular weight excluding hydrogens is 827 g/mol. The van der Waals surface area contributed by atoms with E-state index in [-0.39, 0.29) is 11.3 Å². The third-order valence-electron chi connectivity index (χ3n) is 11.9. The highest BCUT2D eigenvalue weighted by Gasteiger charge is 2.24. The summed E-state index contributed by atoms with van der Waals surface area (Å²) in [5.41, 5.74) is 11.9. The third kappa shape index (κ3) is 7.47. The first-order chi connectivity index (χ1) is 31.5. The minimum atomic E-state index is -1.57. The summed E-state index contributed by atoms with van der Waals surface area (Å²) < 4.78 is 4.46. The Morgan fingerprint density at radius 2 is 1.32 bits per heavy atom. The Morgan fingerprint density at radius 1 is 0.662 bits per heavy atom. The number of nitrogens with one attached hydrogen (secondary N) is 1. The van der Waals surface area contributed by atoms with Crippen molar-refractivity contribution >= 4 is 65.1 Å². The van der Waals surface area contributed by atoms with Crippen LogP contribution >= 0.6 is 11.3 Å². The standard InChI is InChI=1S/C56H45N3O5S/c1-6-38-40(35(5)58-55(57-34(4)33(3)51(60)52(61)53(62)56(63)64)47-26-16-25-46-44-20-11-13-28-49(44)65-54(46)47)21-14-23-42(38)39-30-29-37(31-32(39)2)59-48-27-12-10-19-43(48)45-24-15-22-41(50(45)59)36-17-8-7-9-18-36/h6-31,55,57,60-64H,1,3-4H2,2,5H3/b52-51-,58-35?. The van der Waals surface area contributed by atoms with E-state index in [0.717, 1.165) is 81.4 Å². The predicted octanol–water partition coefficient (Wildman–Crippen LogP) is 14.8. The predicted molar refractivity (Wildman–Crippen MR) is 269 cm³/mol. The zero-order valence-corrected chi connectivity index (χ0v) is 36.6. The van der Waals surface area contributed by atoms with Gasteiger partial charge in [0.2, 0.25) is 11.5 Å². The van der Waals surface area contributed by atoms with Gasteiger partial charge in [-0.05, 0) is 65.9 Å². The molecule has 0 bridgehead atoms. The van der Waals surface area contributed by atoms with Crippen molar-refractivity contribution in [3.05, 3.63) is 228 Å². The Bertz CT molecular complexity index is 3500. The molecule has 9 rings (SSSR count). The van der Waals surface area contributed by atoms with Crippen LogP contribution in [0.15, 0.2) is 211 Å². The van der Waals surface area contributed by atoms with Crippen LogP contribution in [0, 0.1) is 6.92 Å². The average molecular weight is 872 g/mol. The van der Waals surface area contributed by atoms with Crippen LogP contribution in [-0.4, -0.2) is 35.8 Å². The highest BCUT2D eigenvalue weighted by Crippen LogP contribution is 2.41. The zero-order valence-electron chi connectivity index (χ0n) is 35.7. The van der Waals surface area contributed by atoms with Crippen molar-refractivity contribution in [3.63, 3.8) is 0 Å². The van der Waals surface area contributed by atoms with Crippen LogP contribution in [0.2, 0.25) is 0 Å². The number of aromatic nitrogens is 1. The molecule has 0 fully saturated rings. The van der Waals surface area contributed by atoms with Crippen LogP contribution < -0.4 is 5.32 Å². The molecule has 2 heterocycles. The van der Waals surface area contributed by atoms with E-state index < -0.39 is 29.4 Å². The quantitative estimate of drug-likeness (QED) is 0.0412. The Kier molecular flexibility index (Phi) is 11.1. The van der Waals surface area contributed by atoms with Crippen LogP contribution in [0.4, 0.5) is 0 Å². The number of aliphatic imine (C=N–C) groups is 1. The van der Waals surface area contributed by atoms with Gasteiger partial charge in [0.15, 0.2) is 5.76 Å². The number of aliphatic hydroxyl groups excluding tert-OH is 4. The number of nitrogens with zero attached hydrogens (tertiary/aromatic N) is 2. The summed E-state index contributed by atoms with van der Waals surface area (Å²) in [6.45, 7) is 16.3. The summed E-state index contributed by atoms with van der Waals surface area (Å²) in [5, 5.41) is 57.6. The van der Waals surface area contributed by atoms with Crippen LogP contribution in [0.3, 0.4) is 0 Å². The molecular formula is C56H45N3O5S. The Hall–Kier alpha value is -8.27. The van der Waals surface area contributed by atoms with Crippen LogP contribution in [0.25, 0.3) is 76.0 Å². The third-order valence-corrected chi connectivity index (χ3v) is 13.1. The van der Waals surface area contributed by atoms with Crippen molar-refractivity contribution in [1.82, 2.24) is 9.88 Å². The highest BCUT2D eigenvalue weighted by atomic mass is 32.1. The van der Waals surface area contributed by atoms with Gasteiger partial charge in [0, 0.05) is 70.3 Å². The fourth-order valence-electron chi connectivity index (χ4n) is 8.75. The molecule has 0 aliphatic rings. The summed E-state index contributed by atoms with van der Waals surface area (Å²) in [7, 11) is 0. The van der Waals surface area contributed by atoms with Crippen LogP contribution in [-0.2, 0) is 0 Å². The lowest BCUT2D eigenvalue weighted by Crippen LogP contribution is -2.22. The molecule has 2 aromatic heterocycles. The van der Waals surface area contributed by atoms with Crippen LogP contribution in [0.5, 0.6) is 0 Å². The maximum Gasteiger partial charge on any atom is 0.322 e. The van der Waals surface area contributed by atoms with E-state index in [1.165, 1.54) is 10.8 Å². The lowest BCUT2D eigenvalue weighted by molar-refractivity contribution is 0.149. The number of thiophene rings is 1. The molecule has 0 spiro atoms. The summed E-state index contributed by atoms with van der Waals surface area (Å²) in [6, 6.07) is 52.5. The summed E-state index contributed by atoms with van der Waals surface area (Å²) >= 11 is 1.63. The van der Waals surface area contributed by atoms with E-state index >= 15 is 0 Å². The second kappa shape index (κ2) is 17.1. The lowest BCUT2D eigenvalue weighted by Gasteiger charge is -2.22. The Balaban J connectivity index is 1.14. The molecule has 65 heavy (non-hydrogen) atoms. The second-order valence-electron chi connectivity index (χ2n) is 15.8. The van der Waals surface area contributed by atoms with Gasteiger partial charge in [0.05, 0.1) is 11.0 Å². The largest absolute Gasteiger partial charge is 0.504 e. The van der Waals surface area contributed by atoms with E-state index in [4.69, 9.17) is 4.99 Å². The van der Waals surface area contributed by atoms with Crippen molar-refractivity contribution < 1.29 is 25.5 Å². The molecule has 1 unspecified atom stereocenters. The molecule has 1 atom stereocenters. The summed E-state index contributed by atoms with van der Waals surface area (Å²) in [4.78, 5) is 5.29. The van der Waals surface area contributed by atoms with Crippen molar-refractivity contribution in [1.29, 1.82) is 0 Å². The first-order valence-electron chi connectivity index (χ1n) is 20.9. The first-order valence-corrected chi connectivity index (χ1v) is 21.8. The number of benzene rings is 7. The molecule has 0 radical (unpaired) electrons. The highest BCUT2D eigenvalue weighted by molar-refractivity contribution is 7.26. The second-order valence-corrected chi connectivity index (χ2v) is 16.9. The van der Waals surface area contributed by atoms with Crippen LogP contribution in [0.1, 0.15) is 35.3 Å². The van der Waals surface area contributed by atoms with E-state index in [9.17, 15) is 25.5 Å². The lowest BCUT2D eigenvalue weighted by atomic mass is 9.91. The number of rotatable bonds is 12. The molecule has 7 aromatic carbocycles. The summed E-state index contributed by atoms with van der Waals surface area (Å²) in [6.07, 6.45) is 1.06. The van der Waals surface area contributed by atoms with Gasteiger partial charge in [-0.2, -0.15) is 0 Å². The van der Waals surface area contributed by atoms with Gasteiger partial charge in [-0.25, -0.2) is 0 Å². The average Bonchev–Trinajstić information content (AvgIpc) is 3.89. The maximum atomic E-state index is 10.8. The minimum Gasteiger partial charge on any atom is -0.504 e. The SMILES string of the molecule is C=Cc1c(C(C)=NC(NC(=C)C(=C)/C(O)=C(/O)C(O)=C(O)O)c2cccc3c2sc2ccccc23)cccc1-c1ccc(-n2c3ccccc3c3cccc(-c4ccccc4)c32)cc1C. The molecule has 320 valence electrons. The first kappa shape index (κ1) is 42.1. The van der Waals surface area contributed by atoms with Gasteiger partial charge in [0.25, 0.3) is 0 Å². The number of para-hydroxylation sites is 2. The number of hydrogen-bond donors (Lipinski definition) is 6. The zero-order chi connectivity index (χ0) is 45.5. The molecule has 6 N–H and O–H groups in total. The van der Waals surface area contributed by atoms with Gasteiger partial charge < -0.3 is 35.4 Å². The number of fused-ring (bicyclic) bond motifs is 6. The Morgan fingerprint density at radius 3 is 2.08 bits per heavy atom. The maximum absolute atomic E-state index is 10.8. The van der Waals surface area contributed by atoms with Gasteiger partial charge in [0.1, 0.15) is 6.17 Å². The number of hydrogen-bond acceptors (Lipinski definition) is 8. The van der Waals surface area contributed by atoms with Crippen molar-refractivity contribution in [3.8, 4) is 27.9 Å². The monoisotopic (exact) mass is 871 g/mol. The number of aliphatic hydroxyl groups is 5. The molecule has 0 saturated heterocycles. The van der Waals surface area contributed by atoms with Gasteiger partial charge in [-0.3, -0.25) is 4.99 Å². The van der Waals surface area contributed by atoms with Crippen molar-refractivity contribution in [2.24, 2.45) is 4.99 Å². The fourth-order valence-corrected chi connectivity index (χ4v) is 9.99. The fraction of sp³-hybridized carbons (Fsp3) is 0.0536. The molecule has 0 aliphatic carbocycles. The van der Waals surface area contributed by atoms with Gasteiger partial charge in [-0.15, -0.1) is 11.3 Å². The van der Waals surface area contributed by atoms with E-state index in [1.807, 2.05) is 55.5 Å².